The van der Waals surface area contributed by atoms with Crippen molar-refractivity contribution in [3.8, 4) is 6.07 Å². The number of pyridine rings is 1. The number of rotatable bonds is 3. The summed E-state index contributed by atoms with van der Waals surface area (Å²) in [5.74, 6) is -0.701. The van der Waals surface area contributed by atoms with E-state index in [-0.39, 0.29) is 22.2 Å². The van der Waals surface area contributed by atoms with Gasteiger partial charge in [-0.25, -0.2) is 4.98 Å². The molecule has 0 saturated heterocycles. The molecule has 4 rings (SSSR count). The van der Waals surface area contributed by atoms with Crippen LogP contribution in [0.4, 0.5) is 28.7 Å². The third-order valence-corrected chi connectivity index (χ3v) is 5.70. The normalized spacial score (nSPS) is 11.3. The van der Waals surface area contributed by atoms with Crippen molar-refractivity contribution in [3.05, 3.63) is 52.0 Å². The number of nitrogens with two attached hydrogens (primary N) is 3. The van der Waals surface area contributed by atoms with Crippen molar-refractivity contribution in [2.45, 2.75) is 13.8 Å². The molecular formula is C20H17N9OS. The molecule has 0 aliphatic rings. The fourth-order valence-electron chi connectivity index (χ4n) is 3.18. The predicted octanol–water partition coefficient (Wildman–Crippen LogP) is 3.83. The fourth-order valence-corrected chi connectivity index (χ4v) is 4.32. The van der Waals surface area contributed by atoms with Gasteiger partial charge in [-0.1, -0.05) is 12.1 Å². The second-order valence-electron chi connectivity index (χ2n) is 6.77. The standard InChI is InChI=1S/C20H17N9OS/c1-9-7-10(2)25-19-13(9)14(22)16(31-19)20(30)29-18(24)15(17(23)28-29)27-26-12-6-4-3-5-11(12)8-21/h3-7H,22,24H2,1-2H3,(H2,23,28). The van der Waals surface area contributed by atoms with E-state index in [9.17, 15) is 10.1 Å². The molecule has 4 aromatic rings. The van der Waals surface area contributed by atoms with E-state index in [4.69, 9.17) is 17.2 Å². The number of anilines is 3. The smallest absolute Gasteiger partial charge is 0.292 e. The molecule has 154 valence electrons. The molecule has 10 nitrogen and oxygen atoms in total. The lowest BCUT2D eigenvalue weighted by atomic mass is 10.1. The van der Waals surface area contributed by atoms with E-state index in [1.165, 1.54) is 0 Å². The van der Waals surface area contributed by atoms with Crippen molar-refractivity contribution in [1.82, 2.24) is 14.8 Å². The van der Waals surface area contributed by atoms with Crippen LogP contribution in [0.25, 0.3) is 10.2 Å². The minimum Gasteiger partial charge on any atom is -0.397 e. The van der Waals surface area contributed by atoms with Crippen LogP contribution in [0.3, 0.4) is 0 Å². The summed E-state index contributed by atoms with van der Waals surface area (Å²) in [4.78, 5) is 18.5. The Bertz CT molecular complexity index is 1420. The first-order chi connectivity index (χ1) is 14.8. The van der Waals surface area contributed by atoms with E-state index >= 15 is 0 Å². The lowest BCUT2D eigenvalue weighted by Gasteiger charge is -2.02. The number of carbonyl (C=O) groups excluding carboxylic acids is 1. The summed E-state index contributed by atoms with van der Waals surface area (Å²) >= 11 is 1.16. The highest BCUT2D eigenvalue weighted by Gasteiger charge is 2.25. The number of hydrogen-bond donors (Lipinski definition) is 3. The van der Waals surface area contributed by atoms with Crippen molar-refractivity contribution in [2.24, 2.45) is 10.2 Å². The molecule has 0 saturated carbocycles. The summed E-state index contributed by atoms with van der Waals surface area (Å²) in [5, 5.41) is 22.0. The number of carbonyl (C=O) groups is 1. The average Bonchev–Trinajstić information content (AvgIpc) is 3.22. The summed E-state index contributed by atoms with van der Waals surface area (Å²) in [6.07, 6.45) is 0. The van der Waals surface area contributed by atoms with Crippen molar-refractivity contribution in [1.29, 1.82) is 5.26 Å². The second-order valence-corrected chi connectivity index (χ2v) is 7.77. The van der Waals surface area contributed by atoms with Crippen molar-refractivity contribution < 1.29 is 4.79 Å². The number of thiophene rings is 1. The van der Waals surface area contributed by atoms with Gasteiger partial charge in [0, 0.05) is 11.1 Å². The number of azo groups is 1. The van der Waals surface area contributed by atoms with Gasteiger partial charge in [0.1, 0.15) is 21.5 Å². The predicted molar refractivity (Wildman–Crippen MR) is 120 cm³/mol. The van der Waals surface area contributed by atoms with Crippen LogP contribution >= 0.6 is 11.3 Å². The van der Waals surface area contributed by atoms with E-state index in [2.05, 4.69) is 20.3 Å². The molecule has 3 aromatic heterocycles. The highest BCUT2D eigenvalue weighted by molar-refractivity contribution is 7.21. The first-order valence-electron chi connectivity index (χ1n) is 9.07. The molecule has 0 radical (unpaired) electrons. The highest BCUT2D eigenvalue weighted by Crippen LogP contribution is 2.37. The zero-order chi connectivity index (χ0) is 22.3. The Kier molecular flexibility index (Phi) is 4.84. The molecule has 0 atom stereocenters. The van der Waals surface area contributed by atoms with Crippen LogP contribution in [0, 0.1) is 25.2 Å². The molecule has 1 aromatic carbocycles. The molecule has 3 heterocycles. The van der Waals surface area contributed by atoms with Crippen LogP contribution < -0.4 is 17.2 Å². The number of nitriles is 1. The Labute approximate surface area is 180 Å². The van der Waals surface area contributed by atoms with Gasteiger partial charge in [0.15, 0.2) is 17.3 Å². The van der Waals surface area contributed by atoms with Crippen molar-refractivity contribution in [3.63, 3.8) is 0 Å². The zero-order valence-electron chi connectivity index (χ0n) is 16.6. The van der Waals surface area contributed by atoms with E-state index in [0.29, 0.717) is 21.8 Å². The summed E-state index contributed by atoms with van der Waals surface area (Å²) in [6.45, 7) is 3.78. The number of nitrogens with zero attached hydrogens (tertiary/aromatic N) is 6. The maximum absolute atomic E-state index is 13.1. The summed E-state index contributed by atoms with van der Waals surface area (Å²) < 4.78 is 0.948. The second kappa shape index (κ2) is 7.51. The maximum Gasteiger partial charge on any atom is 0.292 e. The van der Waals surface area contributed by atoms with E-state index in [1.54, 1.807) is 24.3 Å². The van der Waals surface area contributed by atoms with Crippen LogP contribution in [-0.2, 0) is 0 Å². The van der Waals surface area contributed by atoms with Crippen LogP contribution in [0.1, 0.15) is 26.5 Å². The molecule has 0 amide bonds. The Morgan fingerprint density at radius 2 is 1.94 bits per heavy atom. The van der Waals surface area contributed by atoms with Crippen LogP contribution in [0.15, 0.2) is 40.6 Å². The fraction of sp³-hybridized carbons (Fsp3) is 0.100. The Hall–Kier alpha value is -4.30. The molecule has 31 heavy (non-hydrogen) atoms. The first-order valence-corrected chi connectivity index (χ1v) is 9.89. The maximum atomic E-state index is 13.1. The summed E-state index contributed by atoms with van der Waals surface area (Å²) in [7, 11) is 0. The molecule has 11 heteroatoms. The van der Waals surface area contributed by atoms with Gasteiger partial charge in [0.2, 0.25) is 0 Å². The van der Waals surface area contributed by atoms with E-state index in [0.717, 1.165) is 32.7 Å². The Balaban J connectivity index is 1.76. The monoisotopic (exact) mass is 431 g/mol. The van der Waals surface area contributed by atoms with Gasteiger partial charge in [-0.3, -0.25) is 4.79 Å². The highest BCUT2D eigenvalue weighted by atomic mass is 32.1. The molecule has 6 N–H and O–H groups in total. The number of benzene rings is 1. The zero-order valence-corrected chi connectivity index (χ0v) is 17.4. The minimum atomic E-state index is -0.541. The summed E-state index contributed by atoms with van der Waals surface area (Å²) in [5.41, 5.74) is 21.1. The first kappa shape index (κ1) is 20.0. The molecule has 0 aliphatic carbocycles. The quantitative estimate of drug-likeness (QED) is 0.413. The molecular weight excluding hydrogens is 414 g/mol. The van der Waals surface area contributed by atoms with Crippen LogP contribution in [0.2, 0.25) is 0 Å². The SMILES string of the molecule is Cc1cc(C)c2c(N)c(C(=O)n3nc(N)c(N=Nc4ccccc4C#N)c3N)sc2n1. The minimum absolute atomic E-state index is 0.0333. The number of nitrogen functional groups attached to an aromatic ring is 3. The molecule has 0 unspecified atom stereocenters. The van der Waals surface area contributed by atoms with Gasteiger partial charge in [-0.05, 0) is 37.6 Å². The Morgan fingerprint density at radius 1 is 1.19 bits per heavy atom. The lowest BCUT2D eigenvalue weighted by Crippen LogP contribution is -2.16. The van der Waals surface area contributed by atoms with Gasteiger partial charge >= 0.3 is 0 Å². The van der Waals surface area contributed by atoms with E-state index in [1.807, 2.05) is 26.0 Å². The number of aryl methyl sites for hydroxylation is 2. The number of aromatic nitrogens is 3. The van der Waals surface area contributed by atoms with Crippen molar-refractivity contribution >= 4 is 56.2 Å². The molecule has 0 aliphatic heterocycles. The van der Waals surface area contributed by atoms with Crippen molar-refractivity contribution in [2.75, 3.05) is 17.2 Å². The average molecular weight is 431 g/mol. The molecule has 0 bridgehead atoms. The molecule has 0 spiro atoms. The number of hydrogen-bond acceptors (Lipinski definition) is 10. The van der Waals surface area contributed by atoms with Crippen LogP contribution in [0.5, 0.6) is 0 Å². The Morgan fingerprint density at radius 3 is 2.68 bits per heavy atom. The lowest BCUT2D eigenvalue weighted by molar-refractivity contribution is 0.0953. The summed E-state index contributed by atoms with van der Waals surface area (Å²) in [6, 6.07) is 10.6. The third-order valence-electron chi connectivity index (χ3n) is 4.61. The molecule has 0 fully saturated rings. The van der Waals surface area contributed by atoms with Gasteiger partial charge in [0.25, 0.3) is 5.91 Å². The third kappa shape index (κ3) is 3.34. The van der Waals surface area contributed by atoms with E-state index < -0.39 is 5.91 Å². The van der Waals surface area contributed by atoms with Crippen LogP contribution in [-0.4, -0.2) is 20.7 Å². The number of fused-ring (bicyclic) bond motifs is 1. The van der Waals surface area contributed by atoms with Gasteiger partial charge in [-0.15, -0.1) is 26.7 Å². The van der Waals surface area contributed by atoms with Gasteiger partial charge in [0.05, 0.1) is 11.3 Å². The largest absolute Gasteiger partial charge is 0.397 e. The van der Waals surface area contributed by atoms with Gasteiger partial charge in [-0.2, -0.15) is 9.94 Å². The topological polar surface area (TPSA) is 174 Å². The van der Waals surface area contributed by atoms with Gasteiger partial charge < -0.3 is 17.2 Å².